The molecule has 0 saturated carbocycles. The Balaban J connectivity index is 2.93. The summed E-state index contributed by atoms with van der Waals surface area (Å²) >= 11 is 0. The van der Waals surface area contributed by atoms with Crippen molar-refractivity contribution in [2.75, 3.05) is 0 Å². The molecular formula is C11H8O4. The maximum atomic E-state index is 11.1. The normalized spacial score (nSPS) is 10.5. The molecule has 4 nitrogen and oxygen atoms in total. The van der Waals surface area contributed by atoms with Crippen molar-refractivity contribution in [3.8, 4) is 5.75 Å². The lowest BCUT2D eigenvalue weighted by Crippen LogP contribution is -1.98. The molecule has 15 heavy (non-hydrogen) atoms. The van der Waals surface area contributed by atoms with Crippen LogP contribution in [-0.4, -0.2) is 11.4 Å². The molecule has 0 unspecified atom stereocenters. The van der Waals surface area contributed by atoms with E-state index in [0.717, 1.165) is 0 Å². The third-order valence-corrected chi connectivity index (χ3v) is 2.23. The molecule has 0 spiro atoms. The monoisotopic (exact) mass is 204 g/mol. The van der Waals surface area contributed by atoms with E-state index < -0.39 is 5.63 Å². The van der Waals surface area contributed by atoms with Crippen LogP contribution in [0, 0.1) is 6.92 Å². The van der Waals surface area contributed by atoms with Gasteiger partial charge in [-0.25, -0.2) is 4.79 Å². The van der Waals surface area contributed by atoms with Crippen LogP contribution >= 0.6 is 0 Å². The summed E-state index contributed by atoms with van der Waals surface area (Å²) in [5, 5.41) is 10.0. The number of phenols is 1. The number of aryl methyl sites for hydroxylation is 1. The number of benzene rings is 1. The summed E-state index contributed by atoms with van der Waals surface area (Å²) in [6.45, 7) is 1.74. The van der Waals surface area contributed by atoms with Crippen molar-refractivity contribution < 1.29 is 14.3 Å². The second-order valence-corrected chi connectivity index (χ2v) is 3.27. The third-order valence-electron chi connectivity index (χ3n) is 2.23. The highest BCUT2D eigenvalue weighted by molar-refractivity contribution is 5.90. The summed E-state index contributed by atoms with van der Waals surface area (Å²) in [4.78, 5) is 21.6. The standard InChI is InChI=1S/C11H8O4/c1-6-2-11(14)15-10-4-9(13)7(5-12)3-8(6)10/h2-5,13H,1H3. The van der Waals surface area contributed by atoms with E-state index in [1.165, 1.54) is 18.2 Å². The molecule has 0 aliphatic rings. The molecule has 2 aromatic rings. The minimum Gasteiger partial charge on any atom is -0.507 e. The van der Waals surface area contributed by atoms with E-state index in [1.54, 1.807) is 6.92 Å². The summed E-state index contributed by atoms with van der Waals surface area (Å²) in [6, 6.07) is 4.11. The maximum Gasteiger partial charge on any atom is 0.336 e. The summed E-state index contributed by atoms with van der Waals surface area (Å²) in [6.07, 6.45) is 0.555. The summed E-state index contributed by atoms with van der Waals surface area (Å²) < 4.78 is 4.89. The first-order chi connectivity index (χ1) is 7.11. The lowest BCUT2D eigenvalue weighted by molar-refractivity contribution is 0.112. The van der Waals surface area contributed by atoms with Gasteiger partial charge < -0.3 is 9.52 Å². The second-order valence-electron chi connectivity index (χ2n) is 3.27. The fraction of sp³-hybridized carbons (Fsp3) is 0.0909. The van der Waals surface area contributed by atoms with Gasteiger partial charge in [-0.15, -0.1) is 0 Å². The lowest BCUT2D eigenvalue weighted by Gasteiger charge is -2.02. The van der Waals surface area contributed by atoms with Gasteiger partial charge in [-0.3, -0.25) is 4.79 Å². The highest BCUT2D eigenvalue weighted by Crippen LogP contribution is 2.24. The van der Waals surface area contributed by atoms with Gasteiger partial charge in [0.2, 0.25) is 0 Å². The van der Waals surface area contributed by atoms with E-state index in [9.17, 15) is 14.7 Å². The first kappa shape index (κ1) is 9.45. The van der Waals surface area contributed by atoms with E-state index in [-0.39, 0.29) is 16.9 Å². The van der Waals surface area contributed by atoms with Crippen molar-refractivity contribution in [2.45, 2.75) is 6.92 Å². The molecule has 1 heterocycles. The van der Waals surface area contributed by atoms with Gasteiger partial charge in [-0.05, 0) is 18.6 Å². The van der Waals surface area contributed by atoms with Crippen molar-refractivity contribution in [2.24, 2.45) is 0 Å². The van der Waals surface area contributed by atoms with Gasteiger partial charge in [-0.2, -0.15) is 0 Å². The molecule has 1 aromatic carbocycles. The van der Waals surface area contributed by atoms with Crippen LogP contribution in [0.2, 0.25) is 0 Å². The Morgan fingerprint density at radius 2 is 2.07 bits per heavy atom. The quantitative estimate of drug-likeness (QED) is 0.566. The van der Waals surface area contributed by atoms with Crippen molar-refractivity contribution >= 4 is 17.3 Å². The van der Waals surface area contributed by atoms with E-state index in [4.69, 9.17) is 4.42 Å². The zero-order valence-corrected chi connectivity index (χ0v) is 7.98. The van der Waals surface area contributed by atoms with Gasteiger partial charge >= 0.3 is 5.63 Å². The van der Waals surface area contributed by atoms with Crippen LogP contribution < -0.4 is 5.63 Å². The number of carbonyl (C=O) groups is 1. The van der Waals surface area contributed by atoms with E-state index >= 15 is 0 Å². The zero-order valence-electron chi connectivity index (χ0n) is 7.98. The van der Waals surface area contributed by atoms with Crippen LogP contribution in [0.15, 0.2) is 27.4 Å². The minimum atomic E-state index is -0.474. The van der Waals surface area contributed by atoms with Crippen molar-refractivity contribution in [3.63, 3.8) is 0 Å². The molecule has 76 valence electrons. The predicted octanol–water partition coefficient (Wildman–Crippen LogP) is 1.62. The molecule has 4 heteroatoms. The summed E-state index contributed by atoms with van der Waals surface area (Å²) in [5.74, 6) is -0.189. The Kier molecular flexibility index (Phi) is 2.04. The molecule has 0 aliphatic heterocycles. The van der Waals surface area contributed by atoms with Gasteiger partial charge in [0.25, 0.3) is 0 Å². The number of aldehydes is 1. The largest absolute Gasteiger partial charge is 0.507 e. The summed E-state index contributed by atoms with van der Waals surface area (Å²) in [5.41, 5.74) is 0.699. The van der Waals surface area contributed by atoms with Crippen LogP contribution in [0.5, 0.6) is 5.75 Å². The number of hydrogen-bond acceptors (Lipinski definition) is 4. The number of aromatic hydroxyl groups is 1. The molecule has 2 rings (SSSR count). The molecule has 1 aromatic heterocycles. The van der Waals surface area contributed by atoms with Crippen molar-refractivity contribution in [1.29, 1.82) is 0 Å². The Labute approximate surface area is 84.8 Å². The first-order valence-electron chi connectivity index (χ1n) is 4.34. The fourth-order valence-electron chi connectivity index (χ4n) is 1.47. The topological polar surface area (TPSA) is 67.5 Å². The smallest absolute Gasteiger partial charge is 0.336 e. The van der Waals surface area contributed by atoms with Crippen LogP contribution in [0.3, 0.4) is 0 Å². The predicted molar refractivity (Wildman–Crippen MR) is 54.3 cm³/mol. The molecule has 0 aliphatic carbocycles. The molecular weight excluding hydrogens is 196 g/mol. The average molecular weight is 204 g/mol. The molecule has 0 bridgehead atoms. The third kappa shape index (κ3) is 1.50. The fourth-order valence-corrected chi connectivity index (χ4v) is 1.47. The molecule has 1 N–H and O–H groups in total. The number of carbonyl (C=O) groups excluding carboxylic acids is 1. The zero-order chi connectivity index (χ0) is 11.0. The van der Waals surface area contributed by atoms with Gasteiger partial charge in [-0.1, -0.05) is 0 Å². The van der Waals surface area contributed by atoms with Crippen LogP contribution in [0.4, 0.5) is 0 Å². The number of phenolic OH excluding ortho intramolecular Hbond substituents is 1. The Hall–Kier alpha value is -2.10. The van der Waals surface area contributed by atoms with Crippen LogP contribution in [0.1, 0.15) is 15.9 Å². The lowest BCUT2D eigenvalue weighted by atomic mass is 10.1. The number of hydrogen-bond donors (Lipinski definition) is 1. The Morgan fingerprint density at radius 3 is 2.73 bits per heavy atom. The van der Waals surface area contributed by atoms with Crippen LogP contribution in [-0.2, 0) is 0 Å². The molecule has 0 radical (unpaired) electrons. The number of rotatable bonds is 1. The van der Waals surface area contributed by atoms with Gasteiger partial charge in [0.05, 0.1) is 5.56 Å². The molecule has 0 amide bonds. The maximum absolute atomic E-state index is 11.1. The molecule has 0 fully saturated rings. The second kappa shape index (κ2) is 3.24. The molecule has 0 atom stereocenters. The number of fused-ring (bicyclic) bond motifs is 1. The highest BCUT2D eigenvalue weighted by atomic mass is 16.4. The van der Waals surface area contributed by atoms with Crippen molar-refractivity contribution in [3.05, 3.63) is 39.7 Å². The molecule has 0 saturated heterocycles. The van der Waals surface area contributed by atoms with E-state index in [2.05, 4.69) is 0 Å². The van der Waals surface area contributed by atoms with E-state index in [1.807, 2.05) is 0 Å². The summed E-state index contributed by atoms with van der Waals surface area (Å²) in [7, 11) is 0. The SMILES string of the molecule is Cc1cc(=O)oc2cc(O)c(C=O)cc12. The minimum absolute atomic E-state index is 0.180. The highest BCUT2D eigenvalue weighted by Gasteiger charge is 2.07. The average Bonchev–Trinajstić information content (AvgIpc) is 2.16. The van der Waals surface area contributed by atoms with Gasteiger partial charge in [0.1, 0.15) is 11.3 Å². The van der Waals surface area contributed by atoms with Gasteiger partial charge in [0, 0.05) is 17.5 Å². The van der Waals surface area contributed by atoms with Crippen LogP contribution in [0.25, 0.3) is 11.0 Å². The van der Waals surface area contributed by atoms with Crippen molar-refractivity contribution in [1.82, 2.24) is 0 Å². The first-order valence-corrected chi connectivity index (χ1v) is 4.34. The van der Waals surface area contributed by atoms with E-state index in [0.29, 0.717) is 17.2 Å². The Morgan fingerprint density at radius 1 is 1.33 bits per heavy atom. The Bertz CT molecular complexity index is 595. The van der Waals surface area contributed by atoms with Gasteiger partial charge in [0.15, 0.2) is 6.29 Å².